The Morgan fingerprint density at radius 2 is 1.71 bits per heavy atom. The van der Waals surface area contributed by atoms with E-state index in [0.717, 1.165) is 10.9 Å². The van der Waals surface area contributed by atoms with Crippen LogP contribution in [0.4, 0.5) is 11.4 Å². The summed E-state index contributed by atoms with van der Waals surface area (Å²) in [6, 6.07) is 14.3. The summed E-state index contributed by atoms with van der Waals surface area (Å²) in [5, 5.41) is 7.10. The quantitative estimate of drug-likeness (QED) is 0.755. The normalized spacial score (nSPS) is 10.6. The fourth-order valence-corrected chi connectivity index (χ4v) is 2.76. The number of fused-ring (bicyclic) bond motifs is 1. The summed E-state index contributed by atoms with van der Waals surface area (Å²) in [6.07, 6.45) is 0. The number of rotatable bonds is 3. The van der Waals surface area contributed by atoms with Gasteiger partial charge in [0.1, 0.15) is 5.69 Å². The van der Waals surface area contributed by atoms with Crippen molar-refractivity contribution in [1.82, 2.24) is 4.57 Å². The SMILES string of the molecule is CC(=O)Nc1cccc(NC(=O)c2cc3ccc(Cl)cc3n2C)c1. The molecule has 1 aromatic heterocycles. The molecule has 2 N–H and O–H groups in total. The number of amides is 2. The minimum atomic E-state index is -0.232. The summed E-state index contributed by atoms with van der Waals surface area (Å²) in [5.41, 5.74) is 2.65. The number of anilines is 2. The molecule has 0 radical (unpaired) electrons. The van der Waals surface area contributed by atoms with Crippen LogP contribution in [0.25, 0.3) is 10.9 Å². The van der Waals surface area contributed by atoms with Crippen LogP contribution in [0.15, 0.2) is 48.5 Å². The van der Waals surface area contributed by atoms with Crippen LogP contribution < -0.4 is 10.6 Å². The number of aryl methyl sites for hydroxylation is 1. The van der Waals surface area contributed by atoms with Crippen LogP contribution in [0.1, 0.15) is 17.4 Å². The van der Waals surface area contributed by atoms with Gasteiger partial charge in [-0.05, 0) is 36.4 Å². The molecule has 0 fully saturated rings. The van der Waals surface area contributed by atoms with Crippen molar-refractivity contribution < 1.29 is 9.59 Å². The molecule has 2 aromatic carbocycles. The maximum absolute atomic E-state index is 12.6. The van der Waals surface area contributed by atoms with Gasteiger partial charge < -0.3 is 15.2 Å². The van der Waals surface area contributed by atoms with E-state index in [-0.39, 0.29) is 11.8 Å². The van der Waals surface area contributed by atoms with Crippen molar-refractivity contribution in [3.8, 4) is 0 Å². The number of hydrogen-bond donors (Lipinski definition) is 2. The molecular weight excluding hydrogens is 326 g/mol. The Morgan fingerprint density at radius 3 is 2.42 bits per heavy atom. The van der Waals surface area contributed by atoms with E-state index in [1.54, 1.807) is 34.9 Å². The van der Waals surface area contributed by atoms with E-state index < -0.39 is 0 Å². The third kappa shape index (κ3) is 3.26. The maximum Gasteiger partial charge on any atom is 0.272 e. The average Bonchev–Trinajstić information content (AvgIpc) is 2.84. The molecule has 0 aliphatic rings. The van der Waals surface area contributed by atoms with Gasteiger partial charge in [-0.25, -0.2) is 0 Å². The first-order chi connectivity index (χ1) is 11.4. The number of hydrogen-bond acceptors (Lipinski definition) is 2. The molecule has 0 spiro atoms. The molecule has 0 unspecified atom stereocenters. The zero-order valence-corrected chi connectivity index (χ0v) is 14.0. The molecule has 122 valence electrons. The van der Waals surface area contributed by atoms with Crippen LogP contribution in [0.5, 0.6) is 0 Å². The van der Waals surface area contributed by atoms with Crippen molar-refractivity contribution >= 4 is 45.7 Å². The Labute approximate surface area is 144 Å². The lowest BCUT2D eigenvalue weighted by atomic mass is 10.2. The summed E-state index contributed by atoms with van der Waals surface area (Å²) in [7, 11) is 1.82. The summed E-state index contributed by atoms with van der Waals surface area (Å²) < 4.78 is 1.80. The number of nitrogens with zero attached hydrogens (tertiary/aromatic N) is 1. The van der Waals surface area contributed by atoms with Gasteiger partial charge in [0.2, 0.25) is 5.91 Å². The predicted molar refractivity (Wildman–Crippen MR) is 96.6 cm³/mol. The Morgan fingerprint density at radius 1 is 1.00 bits per heavy atom. The van der Waals surface area contributed by atoms with Gasteiger partial charge in [-0.3, -0.25) is 9.59 Å². The van der Waals surface area contributed by atoms with E-state index in [4.69, 9.17) is 11.6 Å². The molecular formula is C18H16ClN3O2. The molecule has 3 rings (SSSR count). The zero-order valence-electron chi connectivity index (χ0n) is 13.3. The first-order valence-corrected chi connectivity index (χ1v) is 7.76. The topological polar surface area (TPSA) is 63.1 Å². The van der Waals surface area contributed by atoms with E-state index in [1.807, 2.05) is 25.2 Å². The standard InChI is InChI=1S/C18H16ClN3O2/c1-11(23)20-14-4-3-5-15(10-14)21-18(24)17-8-12-6-7-13(19)9-16(12)22(17)2/h3-10H,1-2H3,(H,20,23)(H,21,24). The fraction of sp³-hybridized carbons (Fsp3) is 0.111. The van der Waals surface area contributed by atoms with Gasteiger partial charge in [-0.2, -0.15) is 0 Å². The second kappa shape index (κ2) is 6.37. The molecule has 0 atom stereocenters. The second-order valence-electron chi connectivity index (χ2n) is 5.51. The molecule has 3 aromatic rings. The third-order valence-corrected chi connectivity index (χ3v) is 3.92. The summed E-state index contributed by atoms with van der Waals surface area (Å²) in [5.74, 6) is -0.395. The molecule has 6 heteroatoms. The molecule has 1 heterocycles. The van der Waals surface area contributed by atoms with Gasteiger partial charge in [0.15, 0.2) is 0 Å². The Bertz CT molecular complexity index is 947. The first kappa shape index (κ1) is 16.1. The molecule has 0 aliphatic heterocycles. The molecule has 0 bridgehead atoms. The third-order valence-electron chi connectivity index (χ3n) is 3.68. The van der Waals surface area contributed by atoms with Crippen LogP contribution in [-0.2, 0) is 11.8 Å². The van der Waals surface area contributed by atoms with E-state index in [2.05, 4.69) is 10.6 Å². The van der Waals surface area contributed by atoms with E-state index in [0.29, 0.717) is 22.1 Å². The van der Waals surface area contributed by atoms with Gasteiger partial charge in [-0.15, -0.1) is 0 Å². The lowest BCUT2D eigenvalue weighted by Gasteiger charge is -2.08. The number of carbonyl (C=O) groups excluding carboxylic acids is 2. The molecule has 24 heavy (non-hydrogen) atoms. The van der Waals surface area contributed by atoms with Crippen LogP contribution in [0.3, 0.4) is 0 Å². The summed E-state index contributed by atoms with van der Waals surface area (Å²) >= 11 is 6.02. The highest BCUT2D eigenvalue weighted by Crippen LogP contribution is 2.23. The van der Waals surface area contributed by atoms with Crippen LogP contribution >= 0.6 is 11.6 Å². The molecule has 5 nitrogen and oxygen atoms in total. The minimum absolute atomic E-state index is 0.163. The number of carbonyl (C=O) groups is 2. The average molecular weight is 342 g/mol. The second-order valence-corrected chi connectivity index (χ2v) is 5.94. The molecule has 2 amide bonds. The van der Waals surface area contributed by atoms with Gasteiger partial charge in [0.05, 0.1) is 0 Å². The fourth-order valence-electron chi connectivity index (χ4n) is 2.59. The number of aromatic nitrogens is 1. The van der Waals surface area contributed by atoms with E-state index in [9.17, 15) is 9.59 Å². The van der Waals surface area contributed by atoms with Crippen molar-refractivity contribution in [2.24, 2.45) is 7.05 Å². The minimum Gasteiger partial charge on any atom is -0.340 e. The number of benzene rings is 2. The van der Waals surface area contributed by atoms with Gasteiger partial charge >= 0.3 is 0 Å². The van der Waals surface area contributed by atoms with E-state index in [1.165, 1.54) is 6.92 Å². The lowest BCUT2D eigenvalue weighted by molar-refractivity contribution is -0.114. The molecule has 0 saturated heterocycles. The van der Waals surface area contributed by atoms with Crippen LogP contribution in [0, 0.1) is 0 Å². The zero-order chi connectivity index (χ0) is 17.3. The van der Waals surface area contributed by atoms with Crippen molar-refractivity contribution in [1.29, 1.82) is 0 Å². The van der Waals surface area contributed by atoms with Crippen molar-refractivity contribution in [2.75, 3.05) is 10.6 Å². The van der Waals surface area contributed by atoms with Crippen LogP contribution in [-0.4, -0.2) is 16.4 Å². The number of halogens is 1. The van der Waals surface area contributed by atoms with Crippen molar-refractivity contribution in [3.05, 3.63) is 59.2 Å². The van der Waals surface area contributed by atoms with Gasteiger partial charge in [-0.1, -0.05) is 23.7 Å². The Kier molecular flexibility index (Phi) is 4.27. The predicted octanol–water partition coefficient (Wildman–Crippen LogP) is 4.04. The Balaban J connectivity index is 1.87. The Hall–Kier alpha value is -2.79. The largest absolute Gasteiger partial charge is 0.340 e. The van der Waals surface area contributed by atoms with Gasteiger partial charge in [0.25, 0.3) is 5.91 Å². The summed E-state index contributed by atoms with van der Waals surface area (Å²) in [4.78, 5) is 23.7. The van der Waals surface area contributed by atoms with Crippen molar-refractivity contribution in [2.45, 2.75) is 6.92 Å². The summed E-state index contributed by atoms with van der Waals surface area (Å²) in [6.45, 7) is 1.44. The first-order valence-electron chi connectivity index (χ1n) is 7.38. The van der Waals surface area contributed by atoms with Crippen molar-refractivity contribution in [3.63, 3.8) is 0 Å². The van der Waals surface area contributed by atoms with Gasteiger partial charge in [0, 0.05) is 41.3 Å². The highest BCUT2D eigenvalue weighted by molar-refractivity contribution is 6.31. The molecule has 0 aliphatic carbocycles. The van der Waals surface area contributed by atoms with Crippen LogP contribution in [0.2, 0.25) is 5.02 Å². The highest BCUT2D eigenvalue weighted by atomic mass is 35.5. The molecule has 0 saturated carbocycles. The smallest absolute Gasteiger partial charge is 0.272 e. The monoisotopic (exact) mass is 341 g/mol. The number of nitrogens with one attached hydrogen (secondary N) is 2. The maximum atomic E-state index is 12.6. The highest BCUT2D eigenvalue weighted by Gasteiger charge is 2.14. The lowest BCUT2D eigenvalue weighted by Crippen LogP contribution is -2.15. The van der Waals surface area contributed by atoms with E-state index >= 15 is 0 Å².